The summed E-state index contributed by atoms with van der Waals surface area (Å²) in [6, 6.07) is 0. The maximum Gasteiger partial charge on any atom is 0.410 e. The van der Waals surface area contributed by atoms with E-state index in [1.165, 1.54) is 0 Å². The van der Waals surface area contributed by atoms with Crippen molar-refractivity contribution in [1.29, 1.82) is 0 Å². The minimum atomic E-state index is -0.503. The normalized spacial score (nSPS) is 23.9. The Morgan fingerprint density at radius 1 is 1.04 bits per heavy atom. The van der Waals surface area contributed by atoms with E-state index >= 15 is 0 Å². The summed E-state index contributed by atoms with van der Waals surface area (Å²) in [5, 5.41) is 3.12. The average molecular weight is 356 g/mol. The third kappa shape index (κ3) is 8.20. The van der Waals surface area contributed by atoms with Crippen molar-refractivity contribution in [3.63, 3.8) is 0 Å². The second kappa shape index (κ2) is 9.60. The van der Waals surface area contributed by atoms with Gasteiger partial charge in [0.05, 0.1) is 11.8 Å². The molecule has 25 heavy (non-hydrogen) atoms. The topological polar surface area (TPSA) is 128 Å². The SMILES string of the molecule is CC(C)(C)OC(=O)N1CCCC(C(N)=O)C1.NC(=O)C1CCCNC1. The number of ether oxygens (including phenoxy) is 1. The van der Waals surface area contributed by atoms with Gasteiger partial charge in [-0.2, -0.15) is 0 Å². The minimum absolute atomic E-state index is 0.0822. The molecule has 2 fully saturated rings. The molecule has 0 radical (unpaired) electrons. The number of carbonyl (C=O) groups excluding carboxylic acids is 3. The number of likely N-dealkylation sites (tertiary alicyclic amines) is 1. The van der Waals surface area contributed by atoms with Gasteiger partial charge in [0.15, 0.2) is 0 Å². The van der Waals surface area contributed by atoms with Crippen LogP contribution in [0.4, 0.5) is 4.79 Å². The third-order valence-electron chi connectivity index (χ3n) is 4.17. The molecule has 0 aromatic heterocycles. The van der Waals surface area contributed by atoms with Crippen LogP contribution in [-0.2, 0) is 14.3 Å². The zero-order valence-electron chi connectivity index (χ0n) is 15.5. The molecule has 144 valence electrons. The first-order valence-electron chi connectivity index (χ1n) is 8.87. The lowest BCUT2D eigenvalue weighted by molar-refractivity contribution is -0.123. The minimum Gasteiger partial charge on any atom is -0.444 e. The Morgan fingerprint density at radius 3 is 2.08 bits per heavy atom. The second-order valence-corrected chi connectivity index (χ2v) is 7.61. The molecule has 2 rings (SSSR count). The summed E-state index contributed by atoms with van der Waals surface area (Å²) in [7, 11) is 0. The van der Waals surface area contributed by atoms with Crippen molar-refractivity contribution < 1.29 is 19.1 Å². The van der Waals surface area contributed by atoms with Gasteiger partial charge in [0.2, 0.25) is 11.8 Å². The van der Waals surface area contributed by atoms with Crippen molar-refractivity contribution in [3.8, 4) is 0 Å². The number of nitrogens with two attached hydrogens (primary N) is 2. The van der Waals surface area contributed by atoms with Crippen LogP contribution < -0.4 is 16.8 Å². The summed E-state index contributed by atoms with van der Waals surface area (Å²) < 4.78 is 5.24. The summed E-state index contributed by atoms with van der Waals surface area (Å²) in [6.45, 7) is 8.28. The van der Waals surface area contributed by atoms with Crippen LogP contribution >= 0.6 is 0 Å². The molecule has 8 nitrogen and oxygen atoms in total. The highest BCUT2D eigenvalue weighted by Crippen LogP contribution is 2.18. The molecule has 2 aliphatic heterocycles. The number of piperidine rings is 2. The first-order chi connectivity index (χ1) is 11.6. The molecule has 2 atom stereocenters. The van der Waals surface area contributed by atoms with Crippen molar-refractivity contribution in [1.82, 2.24) is 10.2 Å². The zero-order chi connectivity index (χ0) is 19.0. The van der Waals surface area contributed by atoms with Crippen molar-refractivity contribution in [3.05, 3.63) is 0 Å². The predicted octanol–water partition coefficient (Wildman–Crippen LogP) is 0.590. The molecule has 2 unspecified atom stereocenters. The maximum atomic E-state index is 11.7. The molecule has 2 heterocycles. The van der Waals surface area contributed by atoms with Crippen LogP contribution in [0.1, 0.15) is 46.5 Å². The van der Waals surface area contributed by atoms with Crippen molar-refractivity contribution >= 4 is 17.9 Å². The Balaban J connectivity index is 0.000000293. The van der Waals surface area contributed by atoms with E-state index in [4.69, 9.17) is 16.2 Å². The van der Waals surface area contributed by atoms with Crippen LogP contribution in [0.25, 0.3) is 0 Å². The van der Waals surface area contributed by atoms with Gasteiger partial charge in [-0.1, -0.05) is 0 Å². The standard InChI is InChI=1S/C11H20N2O3.C6H12N2O/c1-11(2,3)16-10(15)13-6-4-5-8(7-13)9(12)14;7-6(9)5-2-1-3-8-4-5/h8H,4-7H2,1-3H3,(H2,12,14);5,8H,1-4H2,(H2,7,9). The van der Waals surface area contributed by atoms with E-state index in [0.717, 1.165) is 38.8 Å². The number of carbonyl (C=O) groups is 3. The molecule has 3 amide bonds. The smallest absolute Gasteiger partial charge is 0.410 e. The van der Waals surface area contributed by atoms with Crippen molar-refractivity contribution in [2.45, 2.75) is 52.1 Å². The highest BCUT2D eigenvalue weighted by molar-refractivity contribution is 5.78. The molecule has 0 aromatic carbocycles. The van der Waals surface area contributed by atoms with E-state index in [1.807, 2.05) is 20.8 Å². The van der Waals surface area contributed by atoms with E-state index in [0.29, 0.717) is 13.1 Å². The lowest BCUT2D eigenvalue weighted by Crippen LogP contribution is -2.45. The van der Waals surface area contributed by atoms with Crippen LogP contribution in [-0.4, -0.2) is 54.6 Å². The quantitative estimate of drug-likeness (QED) is 0.667. The lowest BCUT2D eigenvalue weighted by Gasteiger charge is -2.32. The summed E-state index contributed by atoms with van der Waals surface area (Å²) >= 11 is 0. The number of nitrogens with one attached hydrogen (secondary N) is 1. The Morgan fingerprint density at radius 2 is 1.64 bits per heavy atom. The maximum absolute atomic E-state index is 11.7. The van der Waals surface area contributed by atoms with Gasteiger partial charge in [0.25, 0.3) is 0 Å². The van der Waals surface area contributed by atoms with Crippen LogP contribution in [0.2, 0.25) is 0 Å². The van der Waals surface area contributed by atoms with Gasteiger partial charge in [-0.15, -0.1) is 0 Å². The largest absolute Gasteiger partial charge is 0.444 e. The summed E-state index contributed by atoms with van der Waals surface area (Å²) in [6.07, 6.45) is 3.23. The Kier molecular flexibility index (Phi) is 8.15. The van der Waals surface area contributed by atoms with E-state index in [9.17, 15) is 14.4 Å². The molecular weight excluding hydrogens is 324 g/mol. The van der Waals surface area contributed by atoms with E-state index in [2.05, 4.69) is 5.32 Å². The molecule has 0 bridgehead atoms. The Bertz CT molecular complexity index is 470. The zero-order valence-corrected chi connectivity index (χ0v) is 15.5. The number of hydrogen-bond donors (Lipinski definition) is 3. The van der Waals surface area contributed by atoms with Crippen LogP contribution in [0.3, 0.4) is 0 Å². The fourth-order valence-corrected chi connectivity index (χ4v) is 2.80. The predicted molar refractivity (Wildman–Crippen MR) is 94.5 cm³/mol. The molecule has 8 heteroatoms. The fourth-order valence-electron chi connectivity index (χ4n) is 2.80. The van der Waals surface area contributed by atoms with Gasteiger partial charge in [-0.25, -0.2) is 4.79 Å². The number of rotatable bonds is 2. The highest BCUT2D eigenvalue weighted by atomic mass is 16.6. The van der Waals surface area contributed by atoms with Crippen LogP contribution in [0.5, 0.6) is 0 Å². The molecule has 0 aliphatic carbocycles. The fraction of sp³-hybridized carbons (Fsp3) is 0.824. The van der Waals surface area contributed by atoms with Gasteiger partial charge in [-0.05, 0) is 53.0 Å². The molecule has 0 spiro atoms. The summed E-state index contributed by atoms with van der Waals surface area (Å²) in [5.74, 6) is -0.657. The van der Waals surface area contributed by atoms with Gasteiger partial charge in [0.1, 0.15) is 5.60 Å². The molecule has 2 saturated heterocycles. The summed E-state index contributed by atoms with van der Waals surface area (Å²) in [5.41, 5.74) is 9.82. The summed E-state index contributed by atoms with van der Waals surface area (Å²) in [4.78, 5) is 34.9. The second-order valence-electron chi connectivity index (χ2n) is 7.61. The number of nitrogens with zero attached hydrogens (tertiary/aromatic N) is 1. The van der Waals surface area contributed by atoms with Gasteiger partial charge >= 0.3 is 6.09 Å². The molecular formula is C17H32N4O4. The monoisotopic (exact) mass is 356 g/mol. The molecule has 0 aromatic rings. The molecule has 0 saturated carbocycles. The number of hydrogen-bond acceptors (Lipinski definition) is 5. The van der Waals surface area contributed by atoms with Crippen molar-refractivity contribution in [2.24, 2.45) is 23.3 Å². The van der Waals surface area contributed by atoms with Gasteiger partial charge in [0, 0.05) is 19.6 Å². The Labute approximate surface area is 149 Å². The van der Waals surface area contributed by atoms with Crippen LogP contribution in [0, 0.1) is 11.8 Å². The van der Waals surface area contributed by atoms with E-state index in [1.54, 1.807) is 4.90 Å². The van der Waals surface area contributed by atoms with E-state index in [-0.39, 0.29) is 29.7 Å². The van der Waals surface area contributed by atoms with Gasteiger partial charge < -0.3 is 26.4 Å². The highest BCUT2D eigenvalue weighted by Gasteiger charge is 2.29. The van der Waals surface area contributed by atoms with Crippen LogP contribution in [0.15, 0.2) is 0 Å². The molecule has 5 N–H and O–H groups in total. The number of primary amides is 2. The first kappa shape index (κ1) is 21.2. The number of amides is 3. The van der Waals surface area contributed by atoms with E-state index < -0.39 is 5.60 Å². The molecule has 2 aliphatic rings. The third-order valence-corrected chi connectivity index (χ3v) is 4.17. The average Bonchev–Trinajstić information content (AvgIpc) is 2.55. The van der Waals surface area contributed by atoms with Crippen molar-refractivity contribution in [2.75, 3.05) is 26.2 Å². The lowest BCUT2D eigenvalue weighted by atomic mass is 9.98. The first-order valence-corrected chi connectivity index (χ1v) is 8.87. The van der Waals surface area contributed by atoms with Gasteiger partial charge in [-0.3, -0.25) is 9.59 Å². The Hall–Kier alpha value is -1.83.